The van der Waals surface area contributed by atoms with Gasteiger partial charge in [0.2, 0.25) is 0 Å². The molecule has 1 rings (SSSR count). The topological polar surface area (TPSA) is 55.8 Å². The van der Waals surface area contributed by atoms with Crippen molar-refractivity contribution in [1.29, 1.82) is 0 Å². The fraction of sp³-hybridized carbons (Fsp3) is 0.417. The molecule has 4 nitrogen and oxygen atoms in total. The van der Waals surface area contributed by atoms with Gasteiger partial charge < -0.3 is 14.6 Å². The third kappa shape index (κ3) is 3.24. The molecule has 0 bridgehead atoms. The Morgan fingerprint density at radius 3 is 2.19 bits per heavy atom. The van der Waals surface area contributed by atoms with E-state index in [1.54, 1.807) is 45.2 Å². The van der Waals surface area contributed by atoms with Gasteiger partial charge in [0.15, 0.2) is 6.10 Å². The Balaban J connectivity index is 2.88. The van der Waals surface area contributed by atoms with Gasteiger partial charge in [-0.3, -0.25) is 0 Å². The molecule has 0 heterocycles. The first-order chi connectivity index (χ1) is 7.54. The summed E-state index contributed by atoms with van der Waals surface area (Å²) in [4.78, 5) is 11.0. The fourth-order valence-electron chi connectivity index (χ4n) is 1.33. The first kappa shape index (κ1) is 12.5. The predicted octanol–water partition coefficient (Wildman–Crippen LogP) is 2.25. The summed E-state index contributed by atoms with van der Waals surface area (Å²) >= 11 is 0. The molecule has 0 aliphatic heterocycles. The van der Waals surface area contributed by atoms with Crippen LogP contribution in [0.3, 0.4) is 0 Å². The summed E-state index contributed by atoms with van der Waals surface area (Å²) < 4.78 is 10.3. The number of carboxylic acid groups (broad SMARTS) is 1. The zero-order valence-electron chi connectivity index (χ0n) is 9.64. The Kier molecular flexibility index (Phi) is 4.31. The Morgan fingerprint density at radius 1 is 1.25 bits per heavy atom. The monoisotopic (exact) mass is 224 g/mol. The molecule has 0 saturated carbocycles. The normalized spacial score (nSPS) is 12.5. The van der Waals surface area contributed by atoms with Crippen LogP contribution in [0.25, 0.3) is 0 Å². The molecule has 0 spiro atoms. The van der Waals surface area contributed by atoms with Crippen LogP contribution in [-0.2, 0) is 9.53 Å². The summed E-state index contributed by atoms with van der Waals surface area (Å²) in [6.45, 7) is 3.61. The Bertz CT molecular complexity index is 343. The van der Waals surface area contributed by atoms with Crippen LogP contribution in [0.4, 0.5) is 0 Å². The van der Waals surface area contributed by atoms with Crippen molar-refractivity contribution in [2.24, 2.45) is 0 Å². The third-order valence-corrected chi connectivity index (χ3v) is 2.05. The standard InChI is InChI=1S/C12H16O4/c1-8(2)16-11(12(13)14)9-4-6-10(15-3)7-5-9/h4-8,11H,1-3H3,(H,13,14)/t11-/m0/s1. The number of ether oxygens (including phenoxy) is 2. The highest BCUT2D eigenvalue weighted by Crippen LogP contribution is 2.22. The molecule has 0 aromatic heterocycles. The van der Waals surface area contributed by atoms with Crippen LogP contribution >= 0.6 is 0 Å². The first-order valence-electron chi connectivity index (χ1n) is 5.06. The van der Waals surface area contributed by atoms with E-state index < -0.39 is 12.1 Å². The molecule has 88 valence electrons. The van der Waals surface area contributed by atoms with E-state index in [0.717, 1.165) is 0 Å². The number of hydrogen-bond donors (Lipinski definition) is 1. The van der Waals surface area contributed by atoms with Crippen LogP contribution in [0, 0.1) is 0 Å². The number of methoxy groups -OCH3 is 1. The van der Waals surface area contributed by atoms with Crippen LogP contribution in [0.2, 0.25) is 0 Å². The number of aliphatic carboxylic acids is 1. The molecule has 0 fully saturated rings. The predicted molar refractivity (Wildman–Crippen MR) is 59.6 cm³/mol. The SMILES string of the molecule is COc1ccc([C@H](OC(C)C)C(=O)O)cc1. The van der Waals surface area contributed by atoms with Crippen LogP contribution < -0.4 is 4.74 Å². The highest BCUT2D eigenvalue weighted by molar-refractivity contribution is 5.74. The molecule has 16 heavy (non-hydrogen) atoms. The van der Waals surface area contributed by atoms with Crippen LogP contribution in [-0.4, -0.2) is 24.3 Å². The average molecular weight is 224 g/mol. The molecule has 1 atom stereocenters. The molecule has 1 aromatic carbocycles. The van der Waals surface area contributed by atoms with E-state index in [2.05, 4.69) is 0 Å². The van der Waals surface area contributed by atoms with E-state index in [9.17, 15) is 4.79 Å². The second kappa shape index (κ2) is 5.51. The lowest BCUT2D eigenvalue weighted by atomic mass is 10.1. The van der Waals surface area contributed by atoms with Gasteiger partial charge in [0.25, 0.3) is 0 Å². The van der Waals surface area contributed by atoms with Crippen molar-refractivity contribution >= 4 is 5.97 Å². The summed E-state index contributed by atoms with van der Waals surface area (Å²) in [6, 6.07) is 6.82. The lowest BCUT2D eigenvalue weighted by Crippen LogP contribution is -2.19. The van der Waals surface area contributed by atoms with Gasteiger partial charge >= 0.3 is 5.97 Å². The summed E-state index contributed by atoms with van der Waals surface area (Å²) in [7, 11) is 1.56. The Labute approximate surface area is 94.8 Å². The highest BCUT2D eigenvalue weighted by atomic mass is 16.5. The van der Waals surface area contributed by atoms with Crippen molar-refractivity contribution in [2.45, 2.75) is 26.1 Å². The average Bonchev–Trinajstić information content (AvgIpc) is 2.25. The third-order valence-electron chi connectivity index (χ3n) is 2.05. The lowest BCUT2D eigenvalue weighted by molar-refractivity contribution is -0.153. The first-order valence-corrected chi connectivity index (χ1v) is 5.06. The van der Waals surface area contributed by atoms with E-state index >= 15 is 0 Å². The number of rotatable bonds is 5. The summed E-state index contributed by atoms with van der Waals surface area (Å²) in [5.74, 6) is -0.295. The van der Waals surface area contributed by atoms with Gasteiger partial charge in [-0.25, -0.2) is 4.79 Å². The minimum absolute atomic E-state index is 0.136. The zero-order chi connectivity index (χ0) is 12.1. The number of carboxylic acids is 1. The maximum Gasteiger partial charge on any atom is 0.337 e. The highest BCUT2D eigenvalue weighted by Gasteiger charge is 2.21. The van der Waals surface area contributed by atoms with Gasteiger partial charge in [-0.1, -0.05) is 12.1 Å². The minimum Gasteiger partial charge on any atom is -0.497 e. The van der Waals surface area contributed by atoms with E-state index in [-0.39, 0.29) is 6.10 Å². The maximum absolute atomic E-state index is 11.0. The second-order valence-electron chi connectivity index (χ2n) is 3.68. The lowest BCUT2D eigenvalue weighted by Gasteiger charge is -2.16. The molecule has 0 radical (unpaired) electrons. The molecule has 0 aliphatic carbocycles. The van der Waals surface area contributed by atoms with Gasteiger partial charge in [0.1, 0.15) is 5.75 Å². The largest absolute Gasteiger partial charge is 0.497 e. The van der Waals surface area contributed by atoms with Gasteiger partial charge in [-0.15, -0.1) is 0 Å². The molecule has 0 amide bonds. The van der Waals surface area contributed by atoms with Crippen molar-refractivity contribution in [3.8, 4) is 5.75 Å². The number of benzene rings is 1. The summed E-state index contributed by atoms with van der Waals surface area (Å²) in [5.41, 5.74) is 0.613. The molecule has 0 saturated heterocycles. The molecule has 1 aromatic rings. The van der Waals surface area contributed by atoms with Gasteiger partial charge in [0, 0.05) is 0 Å². The van der Waals surface area contributed by atoms with Crippen molar-refractivity contribution in [1.82, 2.24) is 0 Å². The van der Waals surface area contributed by atoms with Crippen LogP contribution in [0.1, 0.15) is 25.5 Å². The fourth-order valence-corrected chi connectivity index (χ4v) is 1.33. The molecular formula is C12H16O4. The maximum atomic E-state index is 11.0. The number of hydrogen-bond acceptors (Lipinski definition) is 3. The Hall–Kier alpha value is -1.55. The van der Waals surface area contributed by atoms with E-state index in [4.69, 9.17) is 14.6 Å². The molecular weight excluding hydrogens is 208 g/mol. The van der Waals surface area contributed by atoms with Crippen molar-refractivity contribution in [2.75, 3.05) is 7.11 Å². The van der Waals surface area contributed by atoms with E-state index in [1.165, 1.54) is 0 Å². The molecule has 0 unspecified atom stereocenters. The molecule has 1 N–H and O–H groups in total. The quantitative estimate of drug-likeness (QED) is 0.833. The minimum atomic E-state index is -0.987. The van der Waals surface area contributed by atoms with Crippen molar-refractivity contribution in [3.05, 3.63) is 29.8 Å². The number of carbonyl (C=O) groups is 1. The summed E-state index contributed by atoms with van der Waals surface area (Å²) in [5, 5.41) is 9.05. The van der Waals surface area contributed by atoms with E-state index in [1.807, 2.05) is 0 Å². The van der Waals surface area contributed by atoms with Crippen molar-refractivity contribution in [3.63, 3.8) is 0 Å². The van der Waals surface area contributed by atoms with Gasteiger partial charge in [-0.05, 0) is 31.5 Å². The van der Waals surface area contributed by atoms with Crippen LogP contribution in [0.5, 0.6) is 5.75 Å². The molecule has 0 aliphatic rings. The summed E-state index contributed by atoms with van der Waals surface area (Å²) in [6.07, 6.45) is -1.06. The zero-order valence-corrected chi connectivity index (χ0v) is 9.64. The Morgan fingerprint density at radius 2 is 1.81 bits per heavy atom. The molecule has 4 heteroatoms. The second-order valence-corrected chi connectivity index (χ2v) is 3.68. The smallest absolute Gasteiger partial charge is 0.337 e. The van der Waals surface area contributed by atoms with Gasteiger partial charge in [0.05, 0.1) is 13.2 Å². The van der Waals surface area contributed by atoms with Gasteiger partial charge in [-0.2, -0.15) is 0 Å². The van der Waals surface area contributed by atoms with Crippen molar-refractivity contribution < 1.29 is 19.4 Å². The van der Waals surface area contributed by atoms with E-state index in [0.29, 0.717) is 11.3 Å². The van der Waals surface area contributed by atoms with Crippen LogP contribution in [0.15, 0.2) is 24.3 Å².